The third kappa shape index (κ3) is 5.99. The van der Waals surface area contributed by atoms with Crippen LogP contribution in [0.5, 0.6) is 0 Å². The van der Waals surface area contributed by atoms with Crippen molar-refractivity contribution in [1.29, 1.82) is 0 Å². The van der Waals surface area contributed by atoms with Crippen molar-refractivity contribution < 1.29 is 19.0 Å². The summed E-state index contributed by atoms with van der Waals surface area (Å²) in [6.45, 7) is 4.14. The second-order valence-corrected chi connectivity index (χ2v) is 11.7. The maximum absolute atomic E-state index is 14.2. The molecule has 0 spiro atoms. The van der Waals surface area contributed by atoms with E-state index in [9.17, 15) is 14.3 Å². The third-order valence-electron chi connectivity index (χ3n) is 7.59. The van der Waals surface area contributed by atoms with Gasteiger partial charge in [0.05, 0.1) is 24.9 Å². The lowest BCUT2D eigenvalue weighted by atomic mass is 9.93. The molecule has 0 saturated carbocycles. The number of carboxylic acid groups (broad SMARTS) is 1. The Balaban J connectivity index is 1.08. The number of ether oxygens (including phenoxy) is 1. The van der Waals surface area contributed by atoms with Gasteiger partial charge < -0.3 is 14.4 Å². The first kappa shape index (κ1) is 26.3. The number of benzene rings is 1. The Morgan fingerprint density at radius 1 is 1.15 bits per heavy atom. The molecule has 2 fully saturated rings. The van der Waals surface area contributed by atoms with E-state index in [0.717, 1.165) is 74.0 Å². The largest absolute Gasteiger partial charge is 0.477 e. The number of aromatic carboxylic acids is 1. The molecule has 1 atom stereocenters. The summed E-state index contributed by atoms with van der Waals surface area (Å²) in [5, 5.41) is 12.9. The van der Waals surface area contributed by atoms with Crippen molar-refractivity contribution in [3.8, 4) is 0 Å². The number of likely N-dealkylation sites (tertiary alicyclic amines) is 1. The molecule has 0 unspecified atom stereocenters. The van der Waals surface area contributed by atoms with Crippen molar-refractivity contribution in [2.75, 3.05) is 19.7 Å². The van der Waals surface area contributed by atoms with Crippen molar-refractivity contribution in [2.45, 2.75) is 51.3 Å². The lowest BCUT2D eigenvalue weighted by molar-refractivity contribution is -0.0591. The molecular formula is C28H29ClFN5O3S. The highest BCUT2D eigenvalue weighted by Gasteiger charge is 2.26. The monoisotopic (exact) mass is 569 g/mol. The Morgan fingerprint density at radius 3 is 2.69 bits per heavy atom. The van der Waals surface area contributed by atoms with E-state index in [0.29, 0.717) is 35.1 Å². The highest BCUT2D eigenvalue weighted by molar-refractivity contribution is 7.09. The van der Waals surface area contributed by atoms with Crippen LogP contribution in [0.25, 0.3) is 11.2 Å². The van der Waals surface area contributed by atoms with Gasteiger partial charge in [0.25, 0.3) is 0 Å². The number of thiazole rings is 1. The van der Waals surface area contributed by atoms with Gasteiger partial charge in [0, 0.05) is 29.9 Å². The van der Waals surface area contributed by atoms with Crippen molar-refractivity contribution in [2.24, 2.45) is 5.92 Å². The second-order valence-electron chi connectivity index (χ2n) is 10.3. The van der Waals surface area contributed by atoms with E-state index in [1.165, 1.54) is 12.1 Å². The number of aromatic nitrogens is 4. The lowest BCUT2D eigenvalue weighted by Crippen LogP contribution is -2.35. The van der Waals surface area contributed by atoms with Gasteiger partial charge in [-0.25, -0.2) is 24.1 Å². The van der Waals surface area contributed by atoms with E-state index in [2.05, 4.69) is 14.5 Å². The Kier molecular flexibility index (Phi) is 7.61. The Bertz CT molecular complexity index is 1500. The zero-order valence-electron chi connectivity index (χ0n) is 21.4. The van der Waals surface area contributed by atoms with Gasteiger partial charge in [-0.1, -0.05) is 17.7 Å². The second kappa shape index (κ2) is 11.3. The molecule has 0 aliphatic carbocycles. The number of halogens is 2. The maximum atomic E-state index is 14.2. The van der Waals surface area contributed by atoms with E-state index >= 15 is 0 Å². The number of pyridine rings is 1. The minimum atomic E-state index is -1.04. The van der Waals surface area contributed by atoms with Crippen LogP contribution >= 0.6 is 22.9 Å². The highest BCUT2D eigenvalue weighted by atomic mass is 35.5. The van der Waals surface area contributed by atoms with Crippen LogP contribution in [0.4, 0.5) is 4.39 Å². The summed E-state index contributed by atoms with van der Waals surface area (Å²) in [7, 11) is 0. The van der Waals surface area contributed by atoms with Crippen LogP contribution in [0, 0.1) is 11.7 Å². The molecule has 0 bridgehead atoms. The summed E-state index contributed by atoms with van der Waals surface area (Å²) in [6, 6.07) is 8.03. The molecule has 3 aromatic heterocycles. The first-order valence-electron chi connectivity index (χ1n) is 13.2. The number of carboxylic acids is 1. The van der Waals surface area contributed by atoms with Crippen LogP contribution in [0.2, 0.25) is 5.02 Å². The molecule has 5 heterocycles. The average molecular weight is 570 g/mol. The smallest absolute Gasteiger partial charge is 0.354 e. The van der Waals surface area contributed by atoms with Crippen molar-refractivity contribution in [3.05, 3.63) is 74.3 Å². The van der Waals surface area contributed by atoms with E-state index in [4.69, 9.17) is 26.3 Å². The minimum absolute atomic E-state index is 0.0293. The van der Waals surface area contributed by atoms with Gasteiger partial charge in [-0.05, 0) is 68.1 Å². The van der Waals surface area contributed by atoms with Crippen LogP contribution in [0.1, 0.15) is 51.8 Å². The van der Waals surface area contributed by atoms with Gasteiger partial charge >= 0.3 is 5.97 Å². The SMILES string of the molecule is O=C(O)c1ccc2nc(CC3CCN(Cc4nc(Cc5ccc(Cl)cc5F)cs4)CC3)n(C[C@@H]3CCO3)c2n1. The zero-order chi connectivity index (χ0) is 26.9. The first-order valence-corrected chi connectivity index (χ1v) is 14.5. The van der Waals surface area contributed by atoms with Crippen molar-refractivity contribution in [3.63, 3.8) is 0 Å². The molecule has 11 heteroatoms. The number of hydrogen-bond acceptors (Lipinski definition) is 7. The van der Waals surface area contributed by atoms with E-state index in [1.807, 2.05) is 5.38 Å². The molecule has 204 valence electrons. The topological polar surface area (TPSA) is 93.4 Å². The Labute approximate surface area is 234 Å². The molecule has 8 nitrogen and oxygen atoms in total. The van der Waals surface area contributed by atoms with Crippen LogP contribution in [0.3, 0.4) is 0 Å². The normalized spacial score (nSPS) is 18.5. The Morgan fingerprint density at radius 2 is 1.97 bits per heavy atom. The van der Waals surface area contributed by atoms with Crippen LogP contribution < -0.4 is 0 Å². The van der Waals surface area contributed by atoms with Gasteiger partial charge in [0.15, 0.2) is 11.3 Å². The number of nitrogens with zero attached hydrogens (tertiary/aromatic N) is 5. The molecule has 2 saturated heterocycles. The third-order valence-corrected chi connectivity index (χ3v) is 8.71. The summed E-state index contributed by atoms with van der Waals surface area (Å²) in [4.78, 5) is 27.9. The fourth-order valence-corrected chi connectivity index (χ4v) is 6.30. The number of hydrogen-bond donors (Lipinski definition) is 1. The number of piperidine rings is 1. The molecule has 6 rings (SSSR count). The predicted octanol–water partition coefficient (Wildman–Crippen LogP) is 5.21. The first-order chi connectivity index (χ1) is 18.9. The summed E-state index contributed by atoms with van der Waals surface area (Å²) >= 11 is 7.49. The minimum Gasteiger partial charge on any atom is -0.477 e. The van der Waals surface area contributed by atoms with Gasteiger partial charge in [-0.2, -0.15) is 0 Å². The number of fused-ring (bicyclic) bond motifs is 1. The number of carbonyl (C=O) groups is 1. The molecule has 0 amide bonds. The zero-order valence-corrected chi connectivity index (χ0v) is 22.9. The van der Waals surface area contributed by atoms with Gasteiger partial charge in [-0.15, -0.1) is 11.3 Å². The van der Waals surface area contributed by atoms with E-state index < -0.39 is 5.97 Å². The maximum Gasteiger partial charge on any atom is 0.354 e. The highest BCUT2D eigenvalue weighted by Crippen LogP contribution is 2.27. The van der Waals surface area contributed by atoms with Crippen LogP contribution in [0.15, 0.2) is 35.7 Å². The van der Waals surface area contributed by atoms with E-state index in [1.54, 1.807) is 29.5 Å². The van der Waals surface area contributed by atoms with Crippen LogP contribution in [-0.4, -0.2) is 61.3 Å². The lowest BCUT2D eigenvalue weighted by Gasteiger charge is -2.32. The summed E-state index contributed by atoms with van der Waals surface area (Å²) in [6.07, 6.45) is 4.49. The molecule has 1 N–H and O–H groups in total. The standard InChI is InChI=1S/C28H29ClFN5O3S/c29-19-2-1-18(22(30)13-19)12-20-16-39-26(31-20)15-34-8-5-17(6-9-34)11-25-32-23-3-4-24(28(36)37)33-27(23)35(25)14-21-7-10-38-21/h1-4,13,16-17,21H,5-12,14-15H2,(H,36,37)/t21-/m0/s1. The van der Waals surface area contributed by atoms with Gasteiger partial charge in [-0.3, -0.25) is 4.90 Å². The predicted molar refractivity (Wildman–Crippen MR) is 147 cm³/mol. The number of rotatable bonds is 9. The number of imidazole rings is 1. The molecule has 1 aromatic carbocycles. The molecule has 2 aliphatic rings. The Hall–Kier alpha value is -2.92. The fourth-order valence-electron chi connectivity index (χ4n) is 5.31. The van der Waals surface area contributed by atoms with Gasteiger partial charge in [0.2, 0.25) is 0 Å². The molecule has 2 aliphatic heterocycles. The summed E-state index contributed by atoms with van der Waals surface area (Å²) in [5.41, 5.74) is 2.85. The molecule has 39 heavy (non-hydrogen) atoms. The molecule has 0 radical (unpaired) electrons. The fraction of sp³-hybridized carbons (Fsp3) is 0.429. The van der Waals surface area contributed by atoms with E-state index in [-0.39, 0.29) is 17.6 Å². The summed E-state index contributed by atoms with van der Waals surface area (Å²) < 4.78 is 21.9. The van der Waals surface area contributed by atoms with Crippen LogP contribution in [-0.2, 0) is 30.7 Å². The average Bonchev–Trinajstić information content (AvgIpc) is 3.47. The van der Waals surface area contributed by atoms with Crippen molar-refractivity contribution in [1.82, 2.24) is 24.4 Å². The van der Waals surface area contributed by atoms with Gasteiger partial charge in [0.1, 0.15) is 22.2 Å². The molecule has 4 aromatic rings. The molecular weight excluding hydrogens is 541 g/mol. The van der Waals surface area contributed by atoms with Crippen molar-refractivity contribution >= 4 is 40.1 Å². The summed E-state index contributed by atoms with van der Waals surface area (Å²) in [5.74, 6) is 0.0970. The quantitative estimate of drug-likeness (QED) is 0.296.